The molecule has 0 bridgehead atoms. The lowest BCUT2D eigenvalue weighted by Crippen LogP contribution is -2.30. The van der Waals surface area contributed by atoms with Gasteiger partial charge in [0, 0.05) is 25.9 Å². The first-order valence-corrected chi connectivity index (χ1v) is 7.58. The number of oxazole rings is 1. The molecule has 1 aromatic carbocycles. The molecule has 1 amide bonds. The van der Waals surface area contributed by atoms with Crippen LogP contribution in [0.25, 0.3) is 0 Å². The Bertz CT molecular complexity index is 672. The van der Waals surface area contributed by atoms with Crippen LogP contribution in [0, 0.1) is 19.8 Å². The van der Waals surface area contributed by atoms with Gasteiger partial charge in [0.25, 0.3) is 5.91 Å². The van der Waals surface area contributed by atoms with Crippen molar-refractivity contribution in [3.05, 3.63) is 53.2 Å². The molecule has 2 atom stereocenters. The fourth-order valence-corrected chi connectivity index (χ4v) is 3.23. The van der Waals surface area contributed by atoms with Crippen LogP contribution in [-0.4, -0.2) is 35.4 Å². The molecule has 6 heteroatoms. The van der Waals surface area contributed by atoms with Crippen molar-refractivity contribution in [1.29, 1.82) is 0 Å². The first-order chi connectivity index (χ1) is 10.6. The zero-order valence-corrected chi connectivity index (χ0v) is 14.2. The minimum atomic E-state index is -0.0880. The van der Waals surface area contributed by atoms with Crippen LogP contribution in [0.15, 0.2) is 34.7 Å². The smallest absolute Gasteiger partial charge is 0.291 e. The quantitative estimate of drug-likeness (QED) is 0.935. The van der Waals surface area contributed by atoms with E-state index in [0.29, 0.717) is 37.0 Å². The van der Waals surface area contributed by atoms with Crippen molar-refractivity contribution >= 4 is 18.3 Å². The van der Waals surface area contributed by atoms with Gasteiger partial charge in [-0.15, -0.1) is 12.4 Å². The van der Waals surface area contributed by atoms with E-state index in [1.165, 1.54) is 5.56 Å². The van der Waals surface area contributed by atoms with Crippen LogP contribution in [0.4, 0.5) is 0 Å². The predicted molar refractivity (Wildman–Crippen MR) is 90.9 cm³/mol. The Hall–Kier alpha value is -1.85. The van der Waals surface area contributed by atoms with Gasteiger partial charge in [-0.2, -0.15) is 0 Å². The summed E-state index contributed by atoms with van der Waals surface area (Å²) in [6.07, 6.45) is 0. The number of rotatable bonds is 3. The number of nitrogens with two attached hydrogens (primary N) is 1. The van der Waals surface area contributed by atoms with E-state index in [1.807, 2.05) is 23.1 Å². The normalized spacial score (nSPS) is 20.4. The highest BCUT2D eigenvalue weighted by molar-refractivity contribution is 5.92. The maximum Gasteiger partial charge on any atom is 0.291 e. The fourth-order valence-electron chi connectivity index (χ4n) is 3.23. The van der Waals surface area contributed by atoms with Crippen LogP contribution < -0.4 is 5.73 Å². The molecule has 124 valence electrons. The van der Waals surface area contributed by atoms with Gasteiger partial charge in [0.15, 0.2) is 5.89 Å². The van der Waals surface area contributed by atoms with Crippen LogP contribution >= 0.6 is 12.4 Å². The third-order valence-electron chi connectivity index (χ3n) is 4.36. The molecule has 23 heavy (non-hydrogen) atoms. The third-order valence-corrected chi connectivity index (χ3v) is 4.36. The summed E-state index contributed by atoms with van der Waals surface area (Å²) in [5.74, 6) is 1.34. The maximum absolute atomic E-state index is 12.7. The number of carbonyl (C=O) groups is 1. The van der Waals surface area contributed by atoms with Gasteiger partial charge in [0.1, 0.15) is 0 Å². The van der Waals surface area contributed by atoms with E-state index in [1.54, 1.807) is 13.8 Å². The van der Waals surface area contributed by atoms with Crippen LogP contribution in [0.3, 0.4) is 0 Å². The highest BCUT2D eigenvalue weighted by Crippen LogP contribution is 2.33. The first-order valence-electron chi connectivity index (χ1n) is 7.58. The maximum atomic E-state index is 12.7. The highest BCUT2D eigenvalue weighted by atomic mass is 35.5. The molecule has 1 aliphatic heterocycles. The van der Waals surface area contributed by atoms with E-state index in [4.69, 9.17) is 10.2 Å². The zero-order chi connectivity index (χ0) is 15.7. The summed E-state index contributed by atoms with van der Waals surface area (Å²) in [6.45, 7) is 5.45. The SMILES string of the molecule is Cc1nc(C)c(C(=O)N2C[C@@H](CN)[C@H](c3ccccc3)C2)o1.Cl. The van der Waals surface area contributed by atoms with Gasteiger partial charge in [-0.3, -0.25) is 4.79 Å². The van der Waals surface area contributed by atoms with Crippen molar-refractivity contribution in [2.45, 2.75) is 19.8 Å². The van der Waals surface area contributed by atoms with Crippen molar-refractivity contribution in [2.75, 3.05) is 19.6 Å². The van der Waals surface area contributed by atoms with Gasteiger partial charge in [0.2, 0.25) is 5.76 Å². The Morgan fingerprint density at radius 2 is 2.00 bits per heavy atom. The predicted octanol–water partition coefficient (Wildman–Crippen LogP) is 2.53. The van der Waals surface area contributed by atoms with E-state index in [0.717, 1.165) is 0 Å². The number of aryl methyl sites for hydroxylation is 2. The lowest BCUT2D eigenvalue weighted by Gasteiger charge is -2.16. The summed E-state index contributed by atoms with van der Waals surface area (Å²) in [7, 11) is 0. The molecular formula is C17H22ClN3O2. The average molecular weight is 336 g/mol. The number of halogens is 1. The second-order valence-electron chi connectivity index (χ2n) is 5.87. The van der Waals surface area contributed by atoms with Gasteiger partial charge in [-0.25, -0.2) is 4.98 Å². The molecule has 1 fully saturated rings. The number of benzene rings is 1. The molecule has 2 heterocycles. The molecule has 0 saturated carbocycles. The Kier molecular flexibility index (Phi) is 5.44. The Balaban J connectivity index is 0.00000192. The number of likely N-dealkylation sites (tertiary alicyclic amines) is 1. The fraction of sp³-hybridized carbons (Fsp3) is 0.412. The number of aromatic nitrogens is 1. The molecule has 0 radical (unpaired) electrons. The second kappa shape index (κ2) is 7.15. The zero-order valence-electron chi connectivity index (χ0n) is 13.4. The number of hydrogen-bond donors (Lipinski definition) is 1. The minimum absolute atomic E-state index is 0. The molecule has 1 saturated heterocycles. The monoisotopic (exact) mass is 335 g/mol. The van der Waals surface area contributed by atoms with Gasteiger partial charge >= 0.3 is 0 Å². The van der Waals surface area contributed by atoms with Gasteiger partial charge < -0.3 is 15.1 Å². The third kappa shape index (κ3) is 3.41. The number of amides is 1. The summed E-state index contributed by atoms with van der Waals surface area (Å²) in [5, 5.41) is 0. The van der Waals surface area contributed by atoms with Gasteiger partial charge in [-0.05, 0) is 24.9 Å². The summed E-state index contributed by atoms with van der Waals surface area (Å²) in [6, 6.07) is 10.3. The summed E-state index contributed by atoms with van der Waals surface area (Å²) in [5.41, 5.74) is 7.81. The molecule has 3 rings (SSSR count). The minimum Gasteiger partial charge on any atom is -0.436 e. The van der Waals surface area contributed by atoms with Gasteiger partial charge in [0.05, 0.1) is 5.69 Å². The summed E-state index contributed by atoms with van der Waals surface area (Å²) < 4.78 is 5.46. The highest BCUT2D eigenvalue weighted by Gasteiger charge is 2.37. The van der Waals surface area contributed by atoms with Crippen LogP contribution in [0.1, 0.15) is 33.6 Å². The van der Waals surface area contributed by atoms with Crippen molar-refractivity contribution in [3.63, 3.8) is 0 Å². The van der Waals surface area contributed by atoms with Crippen LogP contribution in [0.5, 0.6) is 0 Å². The Morgan fingerprint density at radius 1 is 1.30 bits per heavy atom. The molecule has 5 nitrogen and oxygen atoms in total. The number of hydrogen-bond acceptors (Lipinski definition) is 4. The molecule has 1 aromatic heterocycles. The molecule has 0 unspecified atom stereocenters. The molecular weight excluding hydrogens is 314 g/mol. The first kappa shape index (κ1) is 17.5. The molecule has 0 aliphatic carbocycles. The van der Waals surface area contributed by atoms with Crippen LogP contribution in [0.2, 0.25) is 0 Å². The van der Waals surface area contributed by atoms with E-state index < -0.39 is 0 Å². The summed E-state index contributed by atoms with van der Waals surface area (Å²) in [4.78, 5) is 18.7. The largest absolute Gasteiger partial charge is 0.436 e. The van der Waals surface area contributed by atoms with E-state index in [-0.39, 0.29) is 30.2 Å². The van der Waals surface area contributed by atoms with E-state index in [9.17, 15) is 4.79 Å². The van der Waals surface area contributed by atoms with Crippen molar-refractivity contribution in [2.24, 2.45) is 11.7 Å². The molecule has 2 aromatic rings. The second-order valence-corrected chi connectivity index (χ2v) is 5.87. The summed E-state index contributed by atoms with van der Waals surface area (Å²) >= 11 is 0. The lowest BCUT2D eigenvalue weighted by atomic mass is 9.89. The Labute approximate surface area is 142 Å². The van der Waals surface area contributed by atoms with Crippen molar-refractivity contribution in [1.82, 2.24) is 9.88 Å². The van der Waals surface area contributed by atoms with E-state index in [2.05, 4.69) is 17.1 Å². The average Bonchev–Trinajstić information content (AvgIpc) is 3.10. The van der Waals surface area contributed by atoms with Gasteiger partial charge in [-0.1, -0.05) is 30.3 Å². The van der Waals surface area contributed by atoms with Crippen LogP contribution in [-0.2, 0) is 0 Å². The molecule has 1 aliphatic rings. The number of carbonyl (C=O) groups excluding carboxylic acids is 1. The molecule has 0 spiro atoms. The number of nitrogens with zero attached hydrogens (tertiary/aromatic N) is 2. The van der Waals surface area contributed by atoms with Crippen molar-refractivity contribution < 1.29 is 9.21 Å². The molecule has 2 N–H and O–H groups in total. The standard InChI is InChI=1S/C17H21N3O2.ClH/c1-11-16(22-12(2)19-11)17(21)20-9-14(8-18)15(10-20)13-6-4-3-5-7-13;/h3-7,14-15H,8-10,18H2,1-2H3;1H/t14-,15+;/m1./s1. The topological polar surface area (TPSA) is 72.4 Å². The van der Waals surface area contributed by atoms with Crippen molar-refractivity contribution in [3.8, 4) is 0 Å². The Morgan fingerprint density at radius 3 is 2.57 bits per heavy atom. The van der Waals surface area contributed by atoms with E-state index >= 15 is 0 Å². The lowest BCUT2D eigenvalue weighted by molar-refractivity contribution is 0.0752.